The Morgan fingerprint density at radius 1 is 0.281 bits per heavy atom. The highest BCUT2D eigenvalue weighted by atomic mass is 31.2. The van der Waals surface area contributed by atoms with E-state index in [4.69, 9.17) is 19.9 Å². The molecular weight excluding hydrogens is 800 g/mol. The van der Waals surface area contributed by atoms with Gasteiger partial charge in [0, 0.05) is 26.8 Å². The molecule has 6 heteroatoms. The molecule has 13 rings (SSSR count). The third-order valence-electron chi connectivity index (χ3n) is 12.9. The topological polar surface area (TPSA) is 68.6 Å². The molecule has 0 amide bonds. The summed E-state index contributed by atoms with van der Waals surface area (Å²) in [6, 6.07) is 73.0. The number of hydrogen-bond acceptors (Lipinski definition) is 5. The maximum absolute atomic E-state index is 16.5. The molecule has 0 fully saturated rings. The number of nitrogens with zero attached hydrogens (tertiary/aromatic N) is 4. The molecule has 64 heavy (non-hydrogen) atoms. The first-order chi connectivity index (χ1) is 31.6. The van der Waals surface area contributed by atoms with Crippen molar-refractivity contribution >= 4 is 88.7 Å². The van der Waals surface area contributed by atoms with Crippen molar-refractivity contribution in [2.24, 2.45) is 0 Å². The van der Waals surface area contributed by atoms with Gasteiger partial charge < -0.3 is 4.57 Å². The van der Waals surface area contributed by atoms with E-state index in [1.807, 2.05) is 54.6 Å². The molecule has 0 saturated carbocycles. The minimum Gasteiger partial charge on any atom is -0.302 e. The van der Waals surface area contributed by atoms with Gasteiger partial charge in [-0.15, -0.1) is 0 Å². The summed E-state index contributed by atoms with van der Waals surface area (Å²) in [6.45, 7) is 0. The van der Waals surface area contributed by atoms with Gasteiger partial charge >= 0.3 is 0 Å². The van der Waals surface area contributed by atoms with Crippen LogP contribution in [-0.4, -0.2) is 19.9 Å². The van der Waals surface area contributed by atoms with Crippen LogP contribution in [-0.2, 0) is 4.57 Å². The van der Waals surface area contributed by atoms with Crippen molar-refractivity contribution in [2.75, 3.05) is 0 Å². The summed E-state index contributed by atoms with van der Waals surface area (Å²) >= 11 is 0. The van der Waals surface area contributed by atoms with Crippen molar-refractivity contribution < 1.29 is 4.57 Å². The fourth-order valence-electron chi connectivity index (χ4n) is 9.94. The molecule has 0 aliphatic rings. The second-order valence-corrected chi connectivity index (χ2v) is 19.0. The number of rotatable bonds is 7. The van der Waals surface area contributed by atoms with Gasteiger partial charge in [-0.25, -0.2) is 19.9 Å². The molecule has 2 aromatic heterocycles. The first-order valence-electron chi connectivity index (χ1n) is 21.5. The first kappa shape index (κ1) is 36.5. The Hall–Kier alpha value is -8.11. The molecule has 2 heterocycles. The monoisotopic (exact) mass is 834 g/mol. The molecule has 13 aromatic rings. The number of benzene rings is 11. The summed E-state index contributed by atoms with van der Waals surface area (Å²) in [5.41, 5.74) is 12.4. The molecule has 298 valence electrons. The Morgan fingerprint density at radius 2 is 0.547 bits per heavy atom. The lowest BCUT2D eigenvalue weighted by atomic mass is 9.87. The molecule has 0 atom stereocenters. The van der Waals surface area contributed by atoms with E-state index in [1.54, 1.807) is 0 Å². The minimum atomic E-state index is -3.89. The Balaban J connectivity index is 1.06. The molecule has 0 spiro atoms. The first-order valence-corrected chi connectivity index (χ1v) is 23.2. The average Bonchev–Trinajstić information content (AvgIpc) is 3.37. The summed E-state index contributed by atoms with van der Waals surface area (Å²) in [7, 11) is -3.89. The fourth-order valence-corrected chi connectivity index (χ4v) is 12.2. The minimum absolute atomic E-state index is 0.210. The van der Waals surface area contributed by atoms with Gasteiger partial charge in [-0.3, -0.25) is 0 Å². The predicted octanol–water partition coefficient (Wildman–Crippen LogP) is 13.4. The standard InChI is InChI=1S/C58H35N4OP/c63-64(40-24-14-5-15-25-40,57-59-49-30-26-41-45(36-16-6-1-7-17-36)34-46(37-18-8-2-9-19-37)42-27-31-50(60-57)55(49)53(41)42)58-61-51-32-28-43-47(38-20-10-3-11-21-38)35-48(39-22-12-4-13-23-39)44-29-33-52(62-58)56(51)54(43)44/h1-35H. The molecule has 0 unspecified atom stereocenters. The van der Waals surface area contributed by atoms with E-state index in [0.29, 0.717) is 5.30 Å². The highest BCUT2D eigenvalue weighted by Gasteiger charge is 2.38. The van der Waals surface area contributed by atoms with Crippen molar-refractivity contribution in [1.82, 2.24) is 19.9 Å². The van der Waals surface area contributed by atoms with E-state index in [-0.39, 0.29) is 11.1 Å². The zero-order chi connectivity index (χ0) is 42.4. The molecular formula is C58H35N4OP. The molecule has 0 radical (unpaired) electrons. The lowest BCUT2D eigenvalue weighted by Crippen LogP contribution is -2.32. The van der Waals surface area contributed by atoms with Crippen LogP contribution in [0, 0.1) is 0 Å². The van der Waals surface area contributed by atoms with Crippen LogP contribution >= 0.6 is 7.14 Å². The number of hydrogen-bond donors (Lipinski definition) is 0. The normalized spacial score (nSPS) is 12.1. The van der Waals surface area contributed by atoms with E-state index in [2.05, 4.69) is 158 Å². The van der Waals surface area contributed by atoms with Crippen molar-refractivity contribution in [1.29, 1.82) is 0 Å². The molecule has 5 nitrogen and oxygen atoms in total. The van der Waals surface area contributed by atoms with Gasteiger partial charge in [0.15, 0.2) is 0 Å². The van der Waals surface area contributed by atoms with Crippen LogP contribution in [0.2, 0.25) is 0 Å². The van der Waals surface area contributed by atoms with Crippen LogP contribution in [0.5, 0.6) is 0 Å². The van der Waals surface area contributed by atoms with Crippen molar-refractivity contribution in [3.63, 3.8) is 0 Å². The Kier molecular flexibility index (Phi) is 8.12. The van der Waals surface area contributed by atoms with Crippen LogP contribution in [0.25, 0.3) is 110 Å². The van der Waals surface area contributed by atoms with Crippen LogP contribution in [0.15, 0.2) is 212 Å². The summed E-state index contributed by atoms with van der Waals surface area (Å²) in [4.78, 5) is 21.1. The van der Waals surface area contributed by atoms with Gasteiger partial charge in [0.1, 0.15) is 0 Å². The lowest BCUT2D eigenvalue weighted by Gasteiger charge is -2.21. The van der Waals surface area contributed by atoms with E-state index < -0.39 is 7.14 Å². The van der Waals surface area contributed by atoms with Gasteiger partial charge in [0.2, 0.25) is 18.3 Å². The quantitative estimate of drug-likeness (QED) is 0.118. The molecule has 0 saturated heterocycles. The Labute approximate surface area is 368 Å². The van der Waals surface area contributed by atoms with E-state index in [1.165, 1.54) is 0 Å². The maximum Gasteiger partial charge on any atom is 0.242 e. The smallest absolute Gasteiger partial charge is 0.242 e. The van der Waals surface area contributed by atoms with Crippen LogP contribution in [0.1, 0.15) is 0 Å². The van der Waals surface area contributed by atoms with E-state index in [9.17, 15) is 0 Å². The van der Waals surface area contributed by atoms with Crippen molar-refractivity contribution in [3.05, 3.63) is 212 Å². The highest BCUT2D eigenvalue weighted by molar-refractivity contribution is 7.84. The van der Waals surface area contributed by atoms with Crippen molar-refractivity contribution in [3.8, 4) is 44.5 Å². The second kappa shape index (κ2) is 14.2. The van der Waals surface area contributed by atoms with Crippen LogP contribution < -0.4 is 16.4 Å². The third kappa shape index (κ3) is 5.48. The van der Waals surface area contributed by atoms with Crippen molar-refractivity contribution in [2.45, 2.75) is 0 Å². The summed E-state index contributed by atoms with van der Waals surface area (Å²) < 4.78 is 16.5. The molecule has 0 aliphatic carbocycles. The fraction of sp³-hybridized carbons (Fsp3) is 0. The Morgan fingerprint density at radius 3 is 0.828 bits per heavy atom. The molecule has 0 aliphatic heterocycles. The summed E-state index contributed by atoms with van der Waals surface area (Å²) in [6.07, 6.45) is 0. The molecule has 0 N–H and O–H groups in total. The van der Waals surface area contributed by atoms with Crippen LogP contribution in [0.3, 0.4) is 0 Å². The highest BCUT2D eigenvalue weighted by Crippen LogP contribution is 2.47. The van der Waals surface area contributed by atoms with E-state index >= 15 is 4.57 Å². The zero-order valence-electron chi connectivity index (χ0n) is 34.4. The van der Waals surface area contributed by atoms with Gasteiger partial charge in [0.05, 0.1) is 22.1 Å². The van der Waals surface area contributed by atoms with Gasteiger partial charge in [-0.1, -0.05) is 176 Å². The van der Waals surface area contributed by atoms with Gasteiger partial charge in [-0.05, 0) is 102 Å². The maximum atomic E-state index is 16.5. The largest absolute Gasteiger partial charge is 0.302 e. The lowest BCUT2D eigenvalue weighted by molar-refractivity contribution is 0.590. The second-order valence-electron chi connectivity index (χ2n) is 16.4. The molecule has 0 bridgehead atoms. The zero-order valence-corrected chi connectivity index (χ0v) is 35.2. The Bertz CT molecular complexity index is 3510. The SMILES string of the molecule is O=P(c1ccccc1)(c1nc2ccc3c(-c4ccccc4)cc(-c4ccccc4)c4ccc(n1)c2c34)c1nc2ccc3c(-c4ccccc4)cc(-c4ccccc4)c4ccc(n1)c2c34. The third-order valence-corrected chi connectivity index (χ3v) is 15.4. The average molecular weight is 835 g/mol. The molecule has 11 aromatic carbocycles. The van der Waals surface area contributed by atoms with Crippen LogP contribution in [0.4, 0.5) is 0 Å². The predicted molar refractivity (Wildman–Crippen MR) is 266 cm³/mol. The summed E-state index contributed by atoms with van der Waals surface area (Å²) in [5, 5.41) is 9.07. The van der Waals surface area contributed by atoms with E-state index in [0.717, 1.165) is 110 Å². The number of aromatic nitrogens is 4. The summed E-state index contributed by atoms with van der Waals surface area (Å²) in [5.74, 6) is 0. The van der Waals surface area contributed by atoms with Gasteiger partial charge in [0.25, 0.3) is 0 Å². The van der Waals surface area contributed by atoms with Gasteiger partial charge in [-0.2, -0.15) is 0 Å².